The molecule has 0 aliphatic carbocycles. The van der Waals surface area contributed by atoms with Gasteiger partial charge in [-0.1, -0.05) is 43.3 Å². The number of nitrogens with zero attached hydrogens (tertiary/aromatic N) is 2. The van der Waals surface area contributed by atoms with E-state index in [1.807, 2.05) is 37.3 Å². The van der Waals surface area contributed by atoms with Gasteiger partial charge in [0, 0.05) is 6.54 Å². The predicted octanol–water partition coefficient (Wildman–Crippen LogP) is 3.53. The number of nitriles is 1. The monoisotopic (exact) mass is 295 g/mol. The minimum absolute atomic E-state index is 0.359. The molecule has 4 heteroatoms. The molecule has 2 aromatic rings. The number of benzene rings is 1. The highest BCUT2D eigenvalue weighted by atomic mass is 16.5. The van der Waals surface area contributed by atoms with Crippen molar-refractivity contribution in [3.05, 3.63) is 59.3 Å². The molecule has 22 heavy (non-hydrogen) atoms. The lowest BCUT2D eigenvalue weighted by Gasteiger charge is -2.14. The summed E-state index contributed by atoms with van der Waals surface area (Å²) in [5.74, 6) is 1.09. The van der Waals surface area contributed by atoms with Crippen LogP contribution >= 0.6 is 0 Å². The highest BCUT2D eigenvalue weighted by molar-refractivity contribution is 5.42. The van der Waals surface area contributed by atoms with E-state index < -0.39 is 0 Å². The maximum absolute atomic E-state index is 8.98. The number of rotatable bonds is 7. The van der Waals surface area contributed by atoms with E-state index in [-0.39, 0.29) is 0 Å². The fraction of sp³-hybridized carbons (Fsp3) is 0.333. The van der Waals surface area contributed by atoms with Crippen molar-refractivity contribution in [3.8, 4) is 6.07 Å². The van der Waals surface area contributed by atoms with E-state index in [1.165, 1.54) is 5.56 Å². The van der Waals surface area contributed by atoms with E-state index in [0.717, 1.165) is 17.9 Å². The summed E-state index contributed by atoms with van der Waals surface area (Å²) < 4.78 is 5.72. The van der Waals surface area contributed by atoms with E-state index in [9.17, 15) is 0 Å². The Bertz CT molecular complexity index is 635. The van der Waals surface area contributed by atoms with Crippen LogP contribution in [0.15, 0.2) is 42.5 Å². The maximum atomic E-state index is 8.98. The third-order valence-electron chi connectivity index (χ3n) is 3.35. The number of pyridine rings is 1. The van der Waals surface area contributed by atoms with Crippen molar-refractivity contribution in [1.29, 1.82) is 5.26 Å². The first-order valence-corrected chi connectivity index (χ1v) is 7.42. The van der Waals surface area contributed by atoms with Crippen molar-refractivity contribution >= 4 is 5.82 Å². The lowest BCUT2D eigenvalue weighted by molar-refractivity contribution is 0.0954. The third kappa shape index (κ3) is 4.87. The first-order chi connectivity index (χ1) is 10.7. The summed E-state index contributed by atoms with van der Waals surface area (Å²) in [6, 6.07) is 16.0. The van der Waals surface area contributed by atoms with Crippen LogP contribution in [0.2, 0.25) is 0 Å². The van der Waals surface area contributed by atoms with Gasteiger partial charge in [-0.15, -0.1) is 0 Å². The van der Waals surface area contributed by atoms with Crippen molar-refractivity contribution in [1.82, 2.24) is 4.98 Å². The number of nitrogens with one attached hydrogen (secondary N) is 1. The van der Waals surface area contributed by atoms with Gasteiger partial charge in [0.15, 0.2) is 0 Å². The summed E-state index contributed by atoms with van der Waals surface area (Å²) in [6.07, 6.45) is 0. The molecule has 0 amide bonds. The van der Waals surface area contributed by atoms with Crippen LogP contribution in [0.25, 0.3) is 0 Å². The Morgan fingerprint density at radius 1 is 1.23 bits per heavy atom. The van der Waals surface area contributed by atoms with Crippen molar-refractivity contribution in [2.75, 3.05) is 18.5 Å². The van der Waals surface area contributed by atoms with E-state index >= 15 is 0 Å². The van der Waals surface area contributed by atoms with Crippen LogP contribution < -0.4 is 5.32 Å². The van der Waals surface area contributed by atoms with Gasteiger partial charge in [0.1, 0.15) is 17.6 Å². The molecule has 1 aromatic carbocycles. The lowest BCUT2D eigenvalue weighted by Crippen LogP contribution is -2.17. The molecule has 0 spiro atoms. The van der Waals surface area contributed by atoms with Gasteiger partial charge in [-0.2, -0.15) is 5.26 Å². The molecular weight excluding hydrogens is 274 g/mol. The number of aryl methyl sites for hydroxylation is 1. The summed E-state index contributed by atoms with van der Waals surface area (Å²) >= 11 is 0. The van der Waals surface area contributed by atoms with Crippen LogP contribution in [-0.2, 0) is 11.3 Å². The zero-order valence-electron chi connectivity index (χ0n) is 13.0. The Morgan fingerprint density at radius 2 is 2.00 bits per heavy atom. The largest absolute Gasteiger partial charge is 0.376 e. The van der Waals surface area contributed by atoms with E-state index in [1.54, 1.807) is 0 Å². The van der Waals surface area contributed by atoms with Crippen molar-refractivity contribution in [3.63, 3.8) is 0 Å². The Hall–Kier alpha value is -2.38. The fourth-order valence-electron chi connectivity index (χ4n) is 2.03. The highest BCUT2D eigenvalue weighted by Gasteiger charge is 2.05. The molecule has 0 saturated heterocycles. The number of anilines is 1. The first-order valence-electron chi connectivity index (χ1n) is 7.42. The molecule has 0 bridgehead atoms. The van der Waals surface area contributed by atoms with Crippen LogP contribution in [-0.4, -0.2) is 18.1 Å². The average Bonchev–Trinajstić information content (AvgIpc) is 2.55. The van der Waals surface area contributed by atoms with Gasteiger partial charge in [-0.3, -0.25) is 0 Å². The number of ether oxygens (including phenoxy) is 1. The summed E-state index contributed by atoms with van der Waals surface area (Å²) in [6.45, 7) is 6.08. The Morgan fingerprint density at radius 3 is 2.73 bits per heavy atom. The molecule has 4 nitrogen and oxygen atoms in total. The van der Waals surface area contributed by atoms with Crippen molar-refractivity contribution in [2.24, 2.45) is 5.92 Å². The number of hydrogen-bond acceptors (Lipinski definition) is 4. The molecule has 0 saturated carbocycles. The molecule has 114 valence electrons. The second-order valence-electron chi connectivity index (χ2n) is 5.46. The summed E-state index contributed by atoms with van der Waals surface area (Å²) in [4.78, 5) is 4.28. The molecule has 0 aliphatic rings. The number of aromatic nitrogens is 1. The summed E-state index contributed by atoms with van der Waals surface area (Å²) in [7, 11) is 0. The van der Waals surface area contributed by atoms with Gasteiger partial charge in [0.2, 0.25) is 0 Å². The average molecular weight is 295 g/mol. The summed E-state index contributed by atoms with van der Waals surface area (Å²) in [5.41, 5.74) is 2.55. The van der Waals surface area contributed by atoms with Gasteiger partial charge >= 0.3 is 0 Å². The molecule has 0 fully saturated rings. The van der Waals surface area contributed by atoms with Crippen LogP contribution in [0, 0.1) is 24.2 Å². The van der Waals surface area contributed by atoms with E-state index in [4.69, 9.17) is 10.00 Å². The van der Waals surface area contributed by atoms with Crippen LogP contribution in [0.4, 0.5) is 5.82 Å². The van der Waals surface area contributed by atoms with Gasteiger partial charge < -0.3 is 10.1 Å². The SMILES string of the molecule is Cc1ccc(NCC(C)COCc2ccccc2)nc1C#N. The molecule has 1 N–H and O–H groups in total. The third-order valence-corrected chi connectivity index (χ3v) is 3.35. The van der Waals surface area contributed by atoms with Gasteiger partial charge in [-0.05, 0) is 30.0 Å². The maximum Gasteiger partial charge on any atom is 0.145 e. The Labute approximate surface area is 131 Å². The minimum Gasteiger partial charge on any atom is -0.376 e. The van der Waals surface area contributed by atoms with E-state index in [0.29, 0.717) is 24.8 Å². The van der Waals surface area contributed by atoms with Crippen LogP contribution in [0.5, 0.6) is 0 Å². The van der Waals surface area contributed by atoms with Gasteiger partial charge in [0.05, 0.1) is 13.2 Å². The molecule has 1 heterocycles. The van der Waals surface area contributed by atoms with E-state index in [2.05, 4.69) is 35.4 Å². The molecule has 2 rings (SSSR count). The summed E-state index contributed by atoms with van der Waals surface area (Å²) in [5, 5.41) is 12.2. The first kappa shape index (κ1) is 16.0. The second-order valence-corrected chi connectivity index (χ2v) is 5.46. The van der Waals surface area contributed by atoms with Crippen molar-refractivity contribution < 1.29 is 4.74 Å². The normalized spacial score (nSPS) is 11.7. The Balaban J connectivity index is 1.74. The molecule has 0 radical (unpaired) electrons. The molecule has 0 aliphatic heterocycles. The second kappa shape index (κ2) is 8.16. The quantitative estimate of drug-likeness (QED) is 0.849. The number of hydrogen-bond donors (Lipinski definition) is 1. The highest BCUT2D eigenvalue weighted by Crippen LogP contribution is 2.10. The van der Waals surface area contributed by atoms with Crippen LogP contribution in [0.3, 0.4) is 0 Å². The zero-order chi connectivity index (χ0) is 15.8. The predicted molar refractivity (Wildman–Crippen MR) is 87.4 cm³/mol. The van der Waals surface area contributed by atoms with Crippen LogP contribution in [0.1, 0.15) is 23.7 Å². The topological polar surface area (TPSA) is 57.9 Å². The zero-order valence-corrected chi connectivity index (χ0v) is 13.0. The smallest absolute Gasteiger partial charge is 0.145 e. The molecule has 1 atom stereocenters. The Kier molecular flexibility index (Phi) is 5.93. The van der Waals surface area contributed by atoms with Gasteiger partial charge in [-0.25, -0.2) is 4.98 Å². The van der Waals surface area contributed by atoms with Gasteiger partial charge in [0.25, 0.3) is 0 Å². The molecule has 1 aromatic heterocycles. The van der Waals surface area contributed by atoms with Crippen molar-refractivity contribution in [2.45, 2.75) is 20.5 Å². The molecule has 1 unspecified atom stereocenters. The fourth-order valence-corrected chi connectivity index (χ4v) is 2.03. The standard InChI is InChI=1S/C18H21N3O/c1-14(12-22-13-16-6-4-3-5-7-16)11-20-18-9-8-15(2)17(10-19)21-18/h3-9,14H,11-13H2,1-2H3,(H,20,21). The molecular formula is C18H21N3O. The minimum atomic E-state index is 0.359. The lowest BCUT2D eigenvalue weighted by atomic mass is 10.2.